The third-order valence-corrected chi connectivity index (χ3v) is 4.64. The molecule has 1 aliphatic heterocycles. The molecule has 1 heterocycles. The summed E-state index contributed by atoms with van der Waals surface area (Å²) in [6.45, 7) is 1.57. The van der Waals surface area contributed by atoms with Gasteiger partial charge in [0.2, 0.25) is 21.8 Å². The van der Waals surface area contributed by atoms with Crippen molar-refractivity contribution < 1.29 is 18.0 Å². The van der Waals surface area contributed by atoms with Crippen LogP contribution in [-0.4, -0.2) is 32.7 Å². The van der Waals surface area contributed by atoms with E-state index in [9.17, 15) is 18.0 Å². The van der Waals surface area contributed by atoms with E-state index in [1.165, 1.54) is 25.1 Å². The van der Waals surface area contributed by atoms with Gasteiger partial charge in [0.25, 0.3) is 0 Å². The minimum absolute atomic E-state index is 0.0181. The van der Waals surface area contributed by atoms with E-state index in [2.05, 4.69) is 15.4 Å². The van der Waals surface area contributed by atoms with Crippen molar-refractivity contribution in [3.63, 3.8) is 0 Å². The number of hydrogen-bond donors (Lipinski definition) is 3. The summed E-state index contributed by atoms with van der Waals surface area (Å²) in [4.78, 5) is 23.4. The molecule has 0 aromatic heterocycles. The topological polar surface area (TPSA) is 104 Å². The number of carbonyl (C=O) groups excluding carboxylic acids is 2. The molecule has 3 N–H and O–H groups in total. The first-order valence-electron chi connectivity index (χ1n) is 6.16. The summed E-state index contributed by atoms with van der Waals surface area (Å²) < 4.78 is 26.3. The monoisotopic (exact) mass is 331 g/mol. The van der Waals surface area contributed by atoms with Crippen LogP contribution >= 0.6 is 11.6 Å². The molecule has 7 nitrogen and oxygen atoms in total. The first kappa shape index (κ1) is 15.7. The summed E-state index contributed by atoms with van der Waals surface area (Å²) >= 11 is 5.45. The van der Waals surface area contributed by atoms with Crippen LogP contribution < -0.4 is 15.4 Å². The molecule has 0 spiro atoms. The van der Waals surface area contributed by atoms with Gasteiger partial charge in [-0.15, -0.1) is 11.6 Å². The van der Waals surface area contributed by atoms with Gasteiger partial charge in [0.05, 0.1) is 16.3 Å². The molecule has 21 heavy (non-hydrogen) atoms. The lowest BCUT2D eigenvalue weighted by Gasteiger charge is -2.10. The molecule has 9 heteroatoms. The molecule has 1 aliphatic rings. The molecule has 2 rings (SSSR count). The van der Waals surface area contributed by atoms with E-state index < -0.39 is 27.8 Å². The molecule has 1 atom stereocenters. The summed E-state index contributed by atoms with van der Waals surface area (Å²) in [5, 5.41) is 5.10. The molecule has 1 aromatic rings. The summed E-state index contributed by atoms with van der Waals surface area (Å²) in [5.41, 5.74) is 0.598. The molecule has 0 saturated heterocycles. The van der Waals surface area contributed by atoms with Gasteiger partial charge < -0.3 is 10.6 Å². The van der Waals surface area contributed by atoms with Crippen molar-refractivity contribution in [2.75, 3.05) is 23.1 Å². The van der Waals surface area contributed by atoms with Gasteiger partial charge >= 0.3 is 0 Å². The fraction of sp³-hybridized carbons (Fsp3) is 0.333. The van der Waals surface area contributed by atoms with E-state index in [0.717, 1.165) is 0 Å². The SMILES string of the molecule is CC1C(=O)Nc2ccc(S(=O)(=O)NCCCl)cc2NC1=O. The lowest BCUT2D eigenvalue weighted by atomic mass is 10.1. The van der Waals surface area contributed by atoms with Gasteiger partial charge in [0, 0.05) is 12.4 Å². The fourth-order valence-electron chi connectivity index (χ4n) is 1.76. The summed E-state index contributed by atoms with van der Waals surface area (Å²) in [7, 11) is -3.71. The molecule has 2 amide bonds. The molecule has 0 saturated carbocycles. The number of sulfonamides is 1. The number of amides is 2. The minimum Gasteiger partial charge on any atom is -0.324 e. The van der Waals surface area contributed by atoms with Crippen molar-refractivity contribution >= 4 is 44.8 Å². The Bertz CT molecular complexity index is 690. The predicted molar refractivity (Wildman–Crippen MR) is 78.8 cm³/mol. The van der Waals surface area contributed by atoms with E-state index in [0.29, 0.717) is 5.69 Å². The minimum atomic E-state index is -3.71. The van der Waals surface area contributed by atoms with Crippen LogP contribution in [0.5, 0.6) is 0 Å². The predicted octanol–water partition coefficient (Wildman–Crippen LogP) is 0.730. The van der Waals surface area contributed by atoms with Gasteiger partial charge in [-0.1, -0.05) is 0 Å². The second-order valence-electron chi connectivity index (χ2n) is 4.49. The Kier molecular flexibility index (Phi) is 4.50. The summed E-state index contributed by atoms with van der Waals surface area (Å²) in [6.07, 6.45) is 0. The van der Waals surface area contributed by atoms with Crippen LogP contribution in [0.4, 0.5) is 11.4 Å². The smallest absolute Gasteiger partial charge is 0.240 e. The highest BCUT2D eigenvalue weighted by molar-refractivity contribution is 7.89. The number of hydrogen-bond acceptors (Lipinski definition) is 4. The Morgan fingerprint density at radius 1 is 1.19 bits per heavy atom. The highest BCUT2D eigenvalue weighted by Gasteiger charge is 2.27. The Hall–Kier alpha value is -1.64. The van der Waals surface area contributed by atoms with Gasteiger partial charge in [-0.05, 0) is 25.1 Å². The van der Waals surface area contributed by atoms with Crippen molar-refractivity contribution in [1.29, 1.82) is 0 Å². The van der Waals surface area contributed by atoms with Gasteiger partial charge in [0.15, 0.2) is 0 Å². The van der Waals surface area contributed by atoms with Gasteiger partial charge in [-0.3, -0.25) is 9.59 Å². The van der Waals surface area contributed by atoms with Crippen LogP contribution in [0, 0.1) is 5.92 Å². The molecular weight excluding hydrogens is 318 g/mol. The zero-order valence-electron chi connectivity index (χ0n) is 11.1. The van der Waals surface area contributed by atoms with Gasteiger partial charge in [-0.2, -0.15) is 0 Å². The normalized spacial score (nSPS) is 18.5. The van der Waals surface area contributed by atoms with Crippen molar-refractivity contribution in [2.24, 2.45) is 5.92 Å². The summed E-state index contributed by atoms with van der Waals surface area (Å²) in [6, 6.07) is 4.07. The first-order chi connectivity index (χ1) is 9.85. The molecule has 114 valence electrons. The fourth-order valence-corrected chi connectivity index (χ4v) is 3.02. The molecular formula is C12H14ClN3O4S. The number of alkyl halides is 1. The molecule has 0 aliphatic carbocycles. The molecule has 0 bridgehead atoms. The largest absolute Gasteiger partial charge is 0.324 e. The number of benzene rings is 1. The number of halogens is 1. The van der Waals surface area contributed by atoms with Crippen LogP contribution in [0.25, 0.3) is 0 Å². The zero-order chi connectivity index (χ0) is 15.6. The third kappa shape index (κ3) is 3.34. The molecule has 0 fully saturated rings. The quantitative estimate of drug-likeness (QED) is 0.559. The van der Waals surface area contributed by atoms with Crippen molar-refractivity contribution in [2.45, 2.75) is 11.8 Å². The maximum Gasteiger partial charge on any atom is 0.240 e. The summed E-state index contributed by atoms with van der Waals surface area (Å²) in [5.74, 6) is -1.64. The Morgan fingerprint density at radius 3 is 2.43 bits per heavy atom. The van der Waals surface area contributed by atoms with Gasteiger partial charge in [-0.25, -0.2) is 13.1 Å². The average molecular weight is 332 g/mol. The van der Waals surface area contributed by atoms with Crippen LogP contribution in [0.2, 0.25) is 0 Å². The lowest BCUT2D eigenvalue weighted by molar-refractivity contribution is -0.128. The molecule has 1 unspecified atom stereocenters. The van der Waals surface area contributed by atoms with Crippen LogP contribution in [0.15, 0.2) is 23.1 Å². The Labute approximate surface area is 127 Å². The Morgan fingerprint density at radius 2 is 1.81 bits per heavy atom. The maximum atomic E-state index is 12.0. The van der Waals surface area contributed by atoms with E-state index in [1.807, 2.05) is 0 Å². The highest BCUT2D eigenvalue weighted by atomic mass is 35.5. The van der Waals surface area contributed by atoms with Crippen molar-refractivity contribution in [1.82, 2.24) is 4.72 Å². The average Bonchev–Trinajstić information content (AvgIpc) is 2.55. The van der Waals surface area contributed by atoms with E-state index in [-0.39, 0.29) is 23.0 Å². The maximum absolute atomic E-state index is 12.0. The first-order valence-corrected chi connectivity index (χ1v) is 8.18. The van der Waals surface area contributed by atoms with E-state index >= 15 is 0 Å². The molecule has 1 aromatic carbocycles. The van der Waals surface area contributed by atoms with Crippen molar-refractivity contribution in [3.05, 3.63) is 18.2 Å². The van der Waals surface area contributed by atoms with E-state index in [1.54, 1.807) is 0 Å². The van der Waals surface area contributed by atoms with Crippen LogP contribution in [-0.2, 0) is 19.6 Å². The third-order valence-electron chi connectivity index (χ3n) is 2.99. The van der Waals surface area contributed by atoms with Crippen LogP contribution in [0.3, 0.4) is 0 Å². The number of fused-ring (bicyclic) bond motifs is 1. The lowest BCUT2D eigenvalue weighted by Crippen LogP contribution is -2.28. The van der Waals surface area contributed by atoms with Gasteiger partial charge in [0.1, 0.15) is 5.92 Å². The standard InChI is InChI=1S/C12H14ClN3O4S/c1-7-11(17)15-9-3-2-8(6-10(9)16-12(7)18)21(19,20)14-5-4-13/h2-3,6-7,14H,4-5H2,1H3,(H,15,17)(H,16,18). The number of nitrogens with one attached hydrogen (secondary N) is 3. The number of carbonyl (C=O) groups is 2. The zero-order valence-corrected chi connectivity index (χ0v) is 12.7. The molecule has 0 radical (unpaired) electrons. The highest BCUT2D eigenvalue weighted by Crippen LogP contribution is 2.28. The second kappa shape index (κ2) is 6.00. The number of rotatable bonds is 4. The van der Waals surface area contributed by atoms with Crippen LogP contribution in [0.1, 0.15) is 6.92 Å². The van der Waals surface area contributed by atoms with Crippen molar-refractivity contribution in [3.8, 4) is 0 Å². The Balaban J connectivity index is 2.38. The van der Waals surface area contributed by atoms with E-state index in [4.69, 9.17) is 11.6 Å². The second-order valence-corrected chi connectivity index (χ2v) is 6.64. The number of anilines is 2.